The lowest BCUT2D eigenvalue weighted by Gasteiger charge is -2.27. The highest BCUT2D eigenvalue weighted by Crippen LogP contribution is 2.29. The van der Waals surface area contributed by atoms with Gasteiger partial charge in [0.2, 0.25) is 11.9 Å². The second-order valence-corrected chi connectivity index (χ2v) is 12.1. The van der Waals surface area contributed by atoms with Crippen molar-refractivity contribution in [2.24, 2.45) is 5.92 Å². The Morgan fingerprint density at radius 1 is 1.02 bits per heavy atom. The van der Waals surface area contributed by atoms with E-state index >= 15 is 0 Å². The lowest BCUT2D eigenvalue weighted by atomic mass is 9.84. The van der Waals surface area contributed by atoms with Crippen molar-refractivity contribution in [2.75, 3.05) is 29.6 Å². The molecule has 1 saturated carbocycles. The molecular weight excluding hydrogens is 583 g/mol. The lowest BCUT2D eigenvalue weighted by molar-refractivity contribution is -0.122. The van der Waals surface area contributed by atoms with E-state index in [4.69, 9.17) is 33.2 Å². The van der Waals surface area contributed by atoms with Gasteiger partial charge in [0.15, 0.2) is 0 Å². The maximum absolute atomic E-state index is 13.6. The molecule has 1 fully saturated rings. The molecule has 5 rings (SSSR count). The third-order valence-electron chi connectivity index (χ3n) is 7.79. The Balaban J connectivity index is 1.36. The van der Waals surface area contributed by atoms with Gasteiger partial charge in [0.1, 0.15) is 24.0 Å². The van der Waals surface area contributed by atoms with E-state index in [1.54, 1.807) is 24.7 Å². The van der Waals surface area contributed by atoms with Gasteiger partial charge in [0, 0.05) is 61.4 Å². The number of rotatable bonds is 12. The predicted molar refractivity (Wildman–Crippen MR) is 174 cm³/mol. The number of nitrogens with one attached hydrogen (secondary N) is 3. The average Bonchev–Trinajstić information content (AvgIpc) is 3.55. The fourth-order valence-electron chi connectivity index (χ4n) is 5.34. The van der Waals surface area contributed by atoms with Gasteiger partial charge in [0.25, 0.3) is 0 Å². The van der Waals surface area contributed by atoms with Gasteiger partial charge in [-0.1, -0.05) is 73.5 Å². The Hall–Kier alpha value is -3.82. The molecule has 11 heteroatoms. The molecule has 0 bridgehead atoms. The minimum Gasteiger partial charge on any atom is -0.378 e. The Kier molecular flexibility index (Phi) is 10.4. The summed E-state index contributed by atoms with van der Waals surface area (Å²) in [6, 6.07) is 15.0. The maximum atomic E-state index is 13.6. The molecule has 1 aliphatic rings. The third kappa shape index (κ3) is 8.61. The number of nitrogens with zero attached hydrogens (tertiary/aromatic N) is 5. The topological polar surface area (TPSA) is 100 Å². The van der Waals surface area contributed by atoms with Crippen molar-refractivity contribution in [3.63, 3.8) is 0 Å². The van der Waals surface area contributed by atoms with Gasteiger partial charge in [0.05, 0.1) is 0 Å². The number of aromatic nitrogens is 4. The quantitative estimate of drug-likeness (QED) is 0.162. The zero-order valence-electron chi connectivity index (χ0n) is 24.6. The van der Waals surface area contributed by atoms with Gasteiger partial charge in [-0.15, -0.1) is 0 Å². The molecule has 9 nitrogen and oxygen atoms in total. The van der Waals surface area contributed by atoms with Gasteiger partial charge in [-0.2, -0.15) is 9.97 Å². The van der Waals surface area contributed by atoms with E-state index in [0.29, 0.717) is 53.1 Å². The number of carbonyl (C=O) groups excluding carboxylic acids is 1. The van der Waals surface area contributed by atoms with Crippen LogP contribution in [0.15, 0.2) is 67.3 Å². The molecule has 0 saturated heterocycles. The summed E-state index contributed by atoms with van der Waals surface area (Å²) < 4.78 is 1.82. The van der Waals surface area contributed by atoms with Gasteiger partial charge < -0.3 is 20.9 Å². The van der Waals surface area contributed by atoms with Crippen LogP contribution in [0, 0.1) is 5.92 Å². The number of benzene rings is 2. The number of amides is 1. The van der Waals surface area contributed by atoms with Gasteiger partial charge >= 0.3 is 0 Å². The molecule has 3 N–H and O–H groups in total. The van der Waals surface area contributed by atoms with E-state index < -0.39 is 6.04 Å². The molecule has 0 radical (unpaired) electrons. The van der Waals surface area contributed by atoms with Crippen molar-refractivity contribution in [3.8, 4) is 5.82 Å². The fourth-order valence-corrected chi connectivity index (χ4v) is 5.82. The second kappa shape index (κ2) is 14.6. The zero-order valence-corrected chi connectivity index (χ0v) is 26.1. The van der Waals surface area contributed by atoms with Crippen molar-refractivity contribution in [1.82, 2.24) is 24.8 Å². The van der Waals surface area contributed by atoms with Crippen LogP contribution in [-0.4, -0.2) is 45.6 Å². The van der Waals surface area contributed by atoms with Crippen LogP contribution < -0.4 is 20.9 Å². The maximum Gasteiger partial charge on any atom is 0.242 e. The highest BCUT2D eigenvalue weighted by molar-refractivity contribution is 6.35. The summed E-state index contributed by atoms with van der Waals surface area (Å²) in [6.07, 6.45) is 11.8. The molecule has 2 aromatic heterocycles. The van der Waals surface area contributed by atoms with Crippen molar-refractivity contribution in [3.05, 3.63) is 88.4 Å². The van der Waals surface area contributed by atoms with Gasteiger partial charge in [-0.05, 0) is 47.7 Å². The number of carbonyl (C=O) groups is 1. The van der Waals surface area contributed by atoms with Crippen LogP contribution in [-0.2, 0) is 17.9 Å². The lowest BCUT2D eigenvalue weighted by Crippen LogP contribution is -2.41. The van der Waals surface area contributed by atoms with Crippen LogP contribution in [0.4, 0.5) is 17.5 Å². The summed E-state index contributed by atoms with van der Waals surface area (Å²) in [5.41, 5.74) is 3.05. The molecule has 0 spiro atoms. The molecule has 1 aliphatic carbocycles. The van der Waals surface area contributed by atoms with Gasteiger partial charge in [-0.3, -0.25) is 9.36 Å². The minimum atomic E-state index is -0.480. The summed E-state index contributed by atoms with van der Waals surface area (Å²) in [5, 5.41) is 11.0. The molecule has 1 atom stereocenters. The fraction of sp³-hybridized carbons (Fsp3) is 0.375. The molecular formula is C32H38Cl2N8O. The first-order valence-corrected chi connectivity index (χ1v) is 15.5. The molecule has 4 aromatic rings. The van der Waals surface area contributed by atoms with E-state index in [1.165, 1.54) is 19.3 Å². The first-order valence-electron chi connectivity index (χ1n) is 14.7. The zero-order chi connectivity index (χ0) is 30.2. The number of halogens is 2. The molecule has 2 heterocycles. The van der Waals surface area contributed by atoms with Crippen LogP contribution in [0.2, 0.25) is 10.0 Å². The van der Waals surface area contributed by atoms with E-state index in [2.05, 4.69) is 50.1 Å². The molecule has 2 aromatic carbocycles. The van der Waals surface area contributed by atoms with Crippen molar-refractivity contribution in [2.45, 2.75) is 57.7 Å². The normalized spacial score (nSPS) is 14.2. The van der Waals surface area contributed by atoms with Crippen molar-refractivity contribution >= 4 is 46.6 Å². The standard InChI is InChI=1S/C32H38Cl2N8O/c1-41(2)26-12-8-23(9-13-26)19-37-32-39-29(18-30(40-32)42-15-14-35-21-42)38-28(16-22-6-4-3-5-7-22)31(43)36-20-24-10-11-25(33)17-27(24)34/h8-15,17-18,21-22,28H,3-7,16,19-20H2,1-2H3,(H,36,43)(H2,37,38,39,40). The van der Waals surface area contributed by atoms with Crippen LogP contribution in [0.25, 0.3) is 5.82 Å². The highest BCUT2D eigenvalue weighted by atomic mass is 35.5. The number of anilines is 3. The summed E-state index contributed by atoms with van der Waals surface area (Å²) in [4.78, 5) is 29.4. The van der Waals surface area contributed by atoms with Crippen molar-refractivity contribution < 1.29 is 4.79 Å². The molecule has 0 aliphatic heterocycles. The summed E-state index contributed by atoms with van der Waals surface area (Å²) in [5.74, 6) is 2.02. The summed E-state index contributed by atoms with van der Waals surface area (Å²) >= 11 is 12.4. The Morgan fingerprint density at radius 3 is 2.51 bits per heavy atom. The van der Waals surface area contributed by atoms with Gasteiger partial charge in [-0.25, -0.2) is 4.98 Å². The van der Waals surface area contributed by atoms with Crippen molar-refractivity contribution in [1.29, 1.82) is 0 Å². The molecule has 43 heavy (non-hydrogen) atoms. The smallest absolute Gasteiger partial charge is 0.242 e. The largest absolute Gasteiger partial charge is 0.378 e. The molecule has 1 amide bonds. The Labute approximate surface area is 263 Å². The van der Waals surface area contributed by atoms with Crippen LogP contribution in [0.5, 0.6) is 0 Å². The number of hydrogen-bond acceptors (Lipinski definition) is 7. The monoisotopic (exact) mass is 620 g/mol. The highest BCUT2D eigenvalue weighted by Gasteiger charge is 2.25. The SMILES string of the molecule is CN(C)c1ccc(CNc2nc(NC(CC3CCCCC3)C(=O)NCc3ccc(Cl)cc3Cl)cc(-n3ccnc3)n2)cc1. The number of imidazole rings is 1. The molecule has 226 valence electrons. The first kappa shape index (κ1) is 30.6. The van der Waals surface area contributed by atoms with Crippen LogP contribution in [0.1, 0.15) is 49.7 Å². The Bertz CT molecular complexity index is 1490. The summed E-state index contributed by atoms with van der Waals surface area (Å²) in [6.45, 7) is 0.857. The van der Waals surface area contributed by atoms with E-state index in [1.807, 2.05) is 37.0 Å². The summed E-state index contributed by atoms with van der Waals surface area (Å²) in [7, 11) is 4.04. The number of hydrogen-bond donors (Lipinski definition) is 3. The van der Waals surface area contributed by atoms with E-state index in [-0.39, 0.29) is 5.91 Å². The Morgan fingerprint density at radius 2 is 1.81 bits per heavy atom. The van der Waals surface area contributed by atoms with Crippen LogP contribution >= 0.6 is 23.2 Å². The van der Waals surface area contributed by atoms with Crippen LogP contribution in [0.3, 0.4) is 0 Å². The average molecular weight is 622 g/mol. The first-order chi connectivity index (χ1) is 20.8. The van der Waals surface area contributed by atoms with E-state index in [0.717, 1.165) is 29.7 Å². The van der Waals surface area contributed by atoms with E-state index in [9.17, 15) is 4.79 Å². The third-order valence-corrected chi connectivity index (χ3v) is 8.37. The minimum absolute atomic E-state index is 0.102. The molecule has 1 unspecified atom stereocenters. The second-order valence-electron chi connectivity index (χ2n) is 11.2. The predicted octanol–water partition coefficient (Wildman–Crippen LogP) is 6.71.